The fourth-order valence-electron chi connectivity index (χ4n) is 2.82. The van der Waals surface area contributed by atoms with Gasteiger partial charge in [-0.25, -0.2) is 4.99 Å². The summed E-state index contributed by atoms with van der Waals surface area (Å²) in [7, 11) is 0. The van der Waals surface area contributed by atoms with Crippen LogP contribution in [0.1, 0.15) is 37.0 Å². The Labute approximate surface area is 197 Å². The number of halogens is 1. The Morgan fingerprint density at radius 2 is 1.97 bits per heavy atom. The topological polar surface area (TPSA) is 72.7 Å². The molecule has 30 heavy (non-hydrogen) atoms. The monoisotopic (exact) mass is 529 g/mol. The predicted molar refractivity (Wildman–Crippen MR) is 133 cm³/mol. The Bertz CT molecular complexity index is 764. The number of nitrogens with zero attached hydrogens (tertiary/aromatic N) is 3. The second-order valence-electron chi connectivity index (χ2n) is 6.91. The molecule has 1 aromatic heterocycles. The van der Waals surface area contributed by atoms with E-state index in [1.54, 1.807) is 0 Å². The molecule has 168 valence electrons. The van der Waals surface area contributed by atoms with E-state index in [-0.39, 0.29) is 24.0 Å². The summed E-state index contributed by atoms with van der Waals surface area (Å²) in [5.41, 5.74) is 3.42. The van der Waals surface area contributed by atoms with Crippen molar-refractivity contribution in [3.8, 4) is 5.75 Å². The molecule has 0 unspecified atom stereocenters. The van der Waals surface area contributed by atoms with E-state index in [2.05, 4.69) is 60.9 Å². The first kappa shape index (κ1) is 26.2. The zero-order valence-electron chi connectivity index (χ0n) is 18.6. The summed E-state index contributed by atoms with van der Waals surface area (Å²) in [6.07, 6.45) is 4.92. The summed E-state index contributed by atoms with van der Waals surface area (Å²) in [5, 5.41) is 11.0. The highest BCUT2D eigenvalue weighted by atomic mass is 127. The number of ether oxygens (including phenoxy) is 2. The molecule has 0 radical (unpaired) electrons. The molecule has 0 bridgehead atoms. The summed E-state index contributed by atoms with van der Waals surface area (Å²) >= 11 is 0. The van der Waals surface area contributed by atoms with Gasteiger partial charge >= 0.3 is 0 Å². The zero-order valence-corrected chi connectivity index (χ0v) is 20.9. The van der Waals surface area contributed by atoms with Crippen molar-refractivity contribution in [3.63, 3.8) is 0 Å². The predicted octanol–water partition coefficient (Wildman–Crippen LogP) is 3.68. The third-order valence-corrected chi connectivity index (χ3v) is 4.28. The Balaban J connectivity index is 0.00000450. The summed E-state index contributed by atoms with van der Waals surface area (Å²) in [5.74, 6) is 1.68. The van der Waals surface area contributed by atoms with Crippen LogP contribution >= 0.6 is 24.0 Å². The van der Waals surface area contributed by atoms with Crippen LogP contribution in [0, 0.1) is 13.8 Å². The van der Waals surface area contributed by atoms with Gasteiger partial charge in [-0.1, -0.05) is 12.1 Å². The molecule has 0 amide bonds. The van der Waals surface area contributed by atoms with E-state index >= 15 is 0 Å². The molecule has 0 aliphatic rings. The van der Waals surface area contributed by atoms with Gasteiger partial charge in [-0.05, 0) is 51.3 Å². The number of benzene rings is 1. The van der Waals surface area contributed by atoms with E-state index in [4.69, 9.17) is 14.5 Å². The van der Waals surface area contributed by atoms with Gasteiger partial charge in [-0.15, -0.1) is 24.0 Å². The van der Waals surface area contributed by atoms with Crippen molar-refractivity contribution in [2.45, 2.75) is 47.2 Å². The Kier molecular flexibility index (Phi) is 13.2. The standard InChI is InChI=1S/C22H35N5O2.HI/c1-5-23-22(24-10-7-11-27-17-19(4)15-26-27)25-16-20-9-8-18(3)14-21(20)29-13-12-28-6-2;/h8-9,14-15,17H,5-7,10-13,16H2,1-4H3,(H2,23,24,25);1H. The maximum absolute atomic E-state index is 5.92. The van der Waals surface area contributed by atoms with Crippen molar-refractivity contribution in [2.24, 2.45) is 4.99 Å². The highest BCUT2D eigenvalue weighted by Gasteiger charge is 2.05. The lowest BCUT2D eigenvalue weighted by Gasteiger charge is -2.14. The number of rotatable bonds is 12. The number of aromatic nitrogens is 2. The van der Waals surface area contributed by atoms with Crippen LogP contribution in [-0.2, 0) is 17.8 Å². The van der Waals surface area contributed by atoms with Crippen molar-refractivity contribution in [2.75, 3.05) is 32.9 Å². The lowest BCUT2D eigenvalue weighted by atomic mass is 10.1. The van der Waals surface area contributed by atoms with Crippen LogP contribution in [0.2, 0.25) is 0 Å². The normalized spacial score (nSPS) is 11.1. The largest absolute Gasteiger partial charge is 0.491 e. The number of hydrogen-bond donors (Lipinski definition) is 2. The smallest absolute Gasteiger partial charge is 0.191 e. The van der Waals surface area contributed by atoms with Gasteiger partial charge in [0.1, 0.15) is 12.4 Å². The third-order valence-electron chi connectivity index (χ3n) is 4.28. The van der Waals surface area contributed by atoms with E-state index in [1.807, 2.05) is 17.8 Å². The van der Waals surface area contributed by atoms with E-state index in [1.165, 1.54) is 11.1 Å². The molecule has 0 fully saturated rings. The molecular weight excluding hydrogens is 493 g/mol. The van der Waals surface area contributed by atoms with Gasteiger partial charge in [0.05, 0.1) is 19.3 Å². The van der Waals surface area contributed by atoms with Gasteiger partial charge in [-0.2, -0.15) is 5.10 Å². The maximum atomic E-state index is 5.92. The molecule has 2 N–H and O–H groups in total. The lowest BCUT2D eigenvalue weighted by molar-refractivity contribution is 0.110. The second kappa shape index (κ2) is 15.1. The number of aryl methyl sites for hydroxylation is 3. The number of nitrogens with one attached hydrogen (secondary N) is 2. The van der Waals surface area contributed by atoms with Crippen molar-refractivity contribution < 1.29 is 9.47 Å². The van der Waals surface area contributed by atoms with Gasteiger partial charge in [0.15, 0.2) is 5.96 Å². The fraction of sp³-hybridized carbons (Fsp3) is 0.545. The van der Waals surface area contributed by atoms with E-state index in [0.29, 0.717) is 26.4 Å². The first-order valence-electron chi connectivity index (χ1n) is 10.4. The van der Waals surface area contributed by atoms with E-state index < -0.39 is 0 Å². The highest BCUT2D eigenvalue weighted by Crippen LogP contribution is 2.21. The SMILES string of the molecule is CCNC(=NCc1ccc(C)cc1OCCOCC)NCCCn1cc(C)cn1.I. The first-order valence-corrected chi connectivity index (χ1v) is 10.4. The summed E-state index contributed by atoms with van der Waals surface area (Å²) in [4.78, 5) is 4.73. The molecule has 1 heterocycles. The fourth-order valence-corrected chi connectivity index (χ4v) is 2.82. The molecule has 2 rings (SSSR count). The lowest BCUT2D eigenvalue weighted by Crippen LogP contribution is -2.38. The Hall–Kier alpha value is -1.81. The minimum atomic E-state index is 0. The molecule has 0 spiro atoms. The van der Waals surface area contributed by atoms with Crippen molar-refractivity contribution in [1.29, 1.82) is 0 Å². The molecule has 7 nitrogen and oxygen atoms in total. The molecule has 0 aliphatic heterocycles. The van der Waals surface area contributed by atoms with Crippen LogP contribution in [0.15, 0.2) is 35.6 Å². The Morgan fingerprint density at radius 1 is 1.13 bits per heavy atom. The van der Waals surface area contributed by atoms with E-state index in [9.17, 15) is 0 Å². The minimum absolute atomic E-state index is 0. The second-order valence-corrected chi connectivity index (χ2v) is 6.91. The van der Waals surface area contributed by atoms with Gasteiger partial charge in [0.25, 0.3) is 0 Å². The van der Waals surface area contributed by atoms with Gasteiger partial charge < -0.3 is 20.1 Å². The van der Waals surface area contributed by atoms with Gasteiger partial charge in [0.2, 0.25) is 0 Å². The molecule has 0 atom stereocenters. The number of guanidine groups is 1. The van der Waals surface area contributed by atoms with Crippen LogP contribution < -0.4 is 15.4 Å². The maximum Gasteiger partial charge on any atom is 0.191 e. The van der Waals surface area contributed by atoms with E-state index in [0.717, 1.165) is 43.3 Å². The molecule has 0 saturated heterocycles. The number of hydrogen-bond acceptors (Lipinski definition) is 4. The third kappa shape index (κ3) is 9.80. The molecule has 1 aromatic carbocycles. The zero-order chi connectivity index (χ0) is 20.9. The molecule has 2 aromatic rings. The average molecular weight is 529 g/mol. The van der Waals surface area contributed by atoms with Crippen LogP contribution in [0.5, 0.6) is 5.75 Å². The quantitative estimate of drug-likeness (QED) is 0.190. The summed E-state index contributed by atoms with van der Waals surface area (Å²) in [6.45, 7) is 13.1. The highest BCUT2D eigenvalue weighted by molar-refractivity contribution is 14.0. The first-order chi connectivity index (χ1) is 14.1. The molecule has 0 saturated carbocycles. The Morgan fingerprint density at radius 3 is 2.67 bits per heavy atom. The van der Waals surface area contributed by atoms with Gasteiger partial charge in [0, 0.05) is 38.0 Å². The van der Waals surface area contributed by atoms with Crippen LogP contribution in [-0.4, -0.2) is 48.7 Å². The summed E-state index contributed by atoms with van der Waals surface area (Å²) in [6, 6.07) is 6.23. The van der Waals surface area contributed by atoms with Crippen molar-refractivity contribution in [1.82, 2.24) is 20.4 Å². The average Bonchev–Trinajstić information content (AvgIpc) is 3.12. The van der Waals surface area contributed by atoms with Crippen LogP contribution in [0.4, 0.5) is 0 Å². The molecular formula is C22H36IN5O2. The summed E-state index contributed by atoms with van der Waals surface area (Å²) < 4.78 is 13.3. The van der Waals surface area contributed by atoms with Gasteiger partial charge in [-0.3, -0.25) is 4.68 Å². The molecule has 8 heteroatoms. The van der Waals surface area contributed by atoms with Crippen molar-refractivity contribution >= 4 is 29.9 Å². The number of aliphatic imine (C=N–C) groups is 1. The van der Waals surface area contributed by atoms with Crippen LogP contribution in [0.25, 0.3) is 0 Å². The molecule has 0 aliphatic carbocycles. The van der Waals surface area contributed by atoms with Crippen LogP contribution in [0.3, 0.4) is 0 Å². The van der Waals surface area contributed by atoms with Crippen molar-refractivity contribution in [3.05, 3.63) is 47.3 Å². The minimum Gasteiger partial charge on any atom is -0.491 e.